The highest BCUT2D eigenvalue weighted by atomic mass is 16.5. The summed E-state index contributed by atoms with van der Waals surface area (Å²) in [5.41, 5.74) is 12.5. The molecule has 1 aliphatic carbocycles. The van der Waals surface area contributed by atoms with Crippen LogP contribution in [0.25, 0.3) is 17.2 Å². The van der Waals surface area contributed by atoms with Gasteiger partial charge in [-0.2, -0.15) is 0 Å². The topological polar surface area (TPSA) is 127 Å². The number of pyridine rings is 1. The van der Waals surface area contributed by atoms with E-state index >= 15 is 0 Å². The second-order valence-corrected chi connectivity index (χ2v) is 11.4. The van der Waals surface area contributed by atoms with Crippen LogP contribution in [0.2, 0.25) is 0 Å². The zero-order valence-electron chi connectivity index (χ0n) is 25.2. The number of carbonyl (C=O) groups excluding carboxylic acids is 1. The monoisotopic (exact) mass is 601 g/mol. The van der Waals surface area contributed by atoms with Crippen LogP contribution in [-0.4, -0.2) is 75.4 Å². The van der Waals surface area contributed by atoms with Gasteiger partial charge < -0.3 is 20.7 Å². The summed E-state index contributed by atoms with van der Waals surface area (Å²) >= 11 is 0. The standard InChI is InChI=1S/C34H35N9O2/c1-45-27-11-12-28-24(20-27)7-8-25-21-37-34(39-31(25)28)43-22-29(32(35)40-43)33(44)38-26-9-5-23(6-10-26)13-15-41-16-18-42(19-17-41)30-4-2-3-14-36-30/h2-6,9-12,14,20-22H,7-8,13,15-19H2,1H3,(H2,35,40)(H,38,44). The first-order valence-electron chi connectivity index (χ1n) is 15.2. The van der Waals surface area contributed by atoms with E-state index in [9.17, 15) is 4.79 Å². The van der Waals surface area contributed by atoms with Crippen LogP contribution in [-0.2, 0) is 19.3 Å². The summed E-state index contributed by atoms with van der Waals surface area (Å²) in [4.78, 5) is 31.8. The van der Waals surface area contributed by atoms with Crippen molar-refractivity contribution in [3.05, 3.63) is 102 Å². The Morgan fingerprint density at radius 2 is 1.80 bits per heavy atom. The van der Waals surface area contributed by atoms with E-state index in [2.05, 4.69) is 48.4 Å². The number of nitrogens with two attached hydrogens (primary N) is 1. The third-order valence-corrected chi connectivity index (χ3v) is 8.55. The third-order valence-electron chi connectivity index (χ3n) is 8.55. The molecule has 2 aromatic carbocycles. The lowest BCUT2D eigenvalue weighted by Gasteiger charge is -2.35. The number of aromatic nitrogens is 5. The number of aryl methyl sites for hydroxylation is 2. The van der Waals surface area contributed by atoms with E-state index in [1.807, 2.05) is 54.9 Å². The van der Waals surface area contributed by atoms with Crippen LogP contribution in [0, 0.1) is 0 Å². The highest BCUT2D eigenvalue weighted by molar-refractivity contribution is 6.07. The number of nitrogens with zero attached hydrogens (tertiary/aromatic N) is 7. The Morgan fingerprint density at radius 3 is 2.58 bits per heavy atom. The van der Waals surface area contributed by atoms with Gasteiger partial charge in [0.1, 0.15) is 17.1 Å². The first kappa shape index (κ1) is 28.5. The Balaban J connectivity index is 0.965. The number of rotatable bonds is 8. The smallest absolute Gasteiger partial charge is 0.261 e. The molecule has 4 heterocycles. The molecule has 0 saturated carbocycles. The number of carbonyl (C=O) groups is 1. The summed E-state index contributed by atoms with van der Waals surface area (Å²) in [7, 11) is 1.67. The van der Waals surface area contributed by atoms with Crippen molar-refractivity contribution in [3.63, 3.8) is 0 Å². The number of amides is 1. The molecule has 228 valence electrons. The molecule has 1 fully saturated rings. The summed E-state index contributed by atoms with van der Waals surface area (Å²) in [6.07, 6.45) is 7.92. The number of nitrogens with one attached hydrogen (secondary N) is 1. The Labute approximate surface area is 261 Å². The van der Waals surface area contributed by atoms with Crippen LogP contribution in [0.5, 0.6) is 5.75 Å². The number of anilines is 3. The number of hydrogen-bond acceptors (Lipinski definition) is 9. The van der Waals surface area contributed by atoms with Gasteiger partial charge in [0.25, 0.3) is 11.9 Å². The van der Waals surface area contributed by atoms with Gasteiger partial charge in [-0.15, -0.1) is 5.10 Å². The molecule has 5 aromatic rings. The van der Waals surface area contributed by atoms with Crippen molar-refractivity contribution >= 4 is 23.2 Å². The van der Waals surface area contributed by atoms with Crippen LogP contribution in [0.3, 0.4) is 0 Å². The molecule has 1 aliphatic heterocycles. The van der Waals surface area contributed by atoms with E-state index in [-0.39, 0.29) is 17.3 Å². The quantitative estimate of drug-likeness (QED) is 0.271. The van der Waals surface area contributed by atoms with Gasteiger partial charge in [-0.1, -0.05) is 18.2 Å². The fourth-order valence-corrected chi connectivity index (χ4v) is 5.97. The highest BCUT2D eigenvalue weighted by Crippen LogP contribution is 2.34. The van der Waals surface area contributed by atoms with Gasteiger partial charge in [0, 0.05) is 62.6 Å². The van der Waals surface area contributed by atoms with Crippen molar-refractivity contribution in [1.29, 1.82) is 0 Å². The summed E-state index contributed by atoms with van der Waals surface area (Å²) < 4.78 is 6.85. The maximum atomic E-state index is 13.2. The Hall–Kier alpha value is -5.29. The van der Waals surface area contributed by atoms with Crippen LogP contribution in [0.4, 0.5) is 17.3 Å². The molecule has 11 nitrogen and oxygen atoms in total. The van der Waals surface area contributed by atoms with E-state index in [0.717, 1.165) is 80.4 Å². The number of ether oxygens (including phenoxy) is 1. The minimum Gasteiger partial charge on any atom is -0.497 e. The van der Waals surface area contributed by atoms with E-state index in [1.54, 1.807) is 13.3 Å². The lowest BCUT2D eigenvalue weighted by molar-refractivity contribution is 0.102. The average molecular weight is 602 g/mol. The van der Waals surface area contributed by atoms with Crippen molar-refractivity contribution in [3.8, 4) is 23.0 Å². The summed E-state index contributed by atoms with van der Waals surface area (Å²) in [5.74, 6) is 1.99. The van der Waals surface area contributed by atoms with Crippen LogP contribution >= 0.6 is 0 Å². The van der Waals surface area contributed by atoms with E-state index < -0.39 is 0 Å². The van der Waals surface area contributed by atoms with Crippen molar-refractivity contribution in [2.24, 2.45) is 0 Å². The van der Waals surface area contributed by atoms with Gasteiger partial charge in [0.05, 0.1) is 12.8 Å². The van der Waals surface area contributed by atoms with Gasteiger partial charge in [-0.3, -0.25) is 9.69 Å². The minimum atomic E-state index is -0.340. The number of methoxy groups -OCH3 is 1. The normalized spacial score (nSPS) is 14.5. The predicted octanol–water partition coefficient (Wildman–Crippen LogP) is 4.03. The summed E-state index contributed by atoms with van der Waals surface area (Å²) in [5, 5.41) is 7.30. The minimum absolute atomic E-state index is 0.110. The first-order valence-corrected chi connectivity index (χ1v) is 15.2. The first-order chi connectivity index (χ1) is 22.0. The molecule has 3 aromatic heterocycles. The molecule has 2 aliphatic rings. The highest BCUT2D eigenvalue weighted by Gasteiger charge is 2.22. The molecule has 0 radical (unpaired) electrons. The molecule has 0 atom stereocenters. The SMILES string of the molecule is COc1ccc2c(c1)CCc1cnc(-n3cc(C(=O)Nc4ccc(CCN5CCN(c6ccccn6)CC5)cc4)c(N)n3)nc1-2. The number of benzene rings is 2. The Bertz CT molecular complexity index is 1810. The molecular weight excluding hydrogens is 566 g/mol. The zero-order valence-corrected chi connectivity index (χ0v) is 25.2. The Kier molecular flexibility index (Phi) is 7.83. The number of nitrogen functional groups attached to an aromatic ring is 1. The van der Waals surface area contributed by atoms with Crippen LogP contribution in [0.1, 0.15) is 27.0 Å². The van der Waals surface area contributed by atoms with Gasteiger partial charge >= 0.3 is 0 Å². The van der Waals surface area contributed by atoms with Gasteiger partial charge in [-0.25, -0.2) is 19.6 Å². The fourth-order valence-electron chi connectivity index (χ4n) is 5.97. The lowest BCUT2D eigenvalue weighted by atomic mass is 9.90. The molecule has 45 heavy (non-hydrogen) atoms. The second-order valence-electron chi connectivity index (χ2n) is 11.4. The van der Waals surface area contributed by atoms with Gasteiger partial charge in [0.15, 0.2) is 5.82 Å². The van der Waals surface area contributed by atoms with Crippen molar-refractivity contribution in [2.75, 3.05) is 55.8 Å². The maximum Gasteiger partial charge on any atom is 0.261 e. The van der Waals surface area contributed by atoms with Crippen LogP contribution in [0.15, 0.2) is 79.3 Å². The summed E-state index contributed by atoms with van der Waals surface area (Å²) in [6, 6.07) is 20.0. The van der Waals surface area contributed by atoms with Gasteiger partial charge in [-0.05, 0) is 78.4 Å². The second kappa shape index (κ2) is 12.4. The average Bonchev–Trinajstić information content (AvgIpc) is 3.49. The lowest BCUT2D eigenvalue weighted by Crippen LogP contribution is -2.47. The predicted molar refractivity (Wildman–Crippen MR) is 174 cm³/mol. The molecule has 1 amide bonds. The molecule has 0 spiro atoms. The van der Waals surface area contributed by atoms with Gasteiger partial charge in [0.2, 0.25) is 0 Å². The number of piperazine rings is 1. The number of hydrogen-bond donors (Lipinski definition) is 2. The van der Waals surface area contributed by atoms with E-state index in [4.69, 9.17) is 15.5 Å². The molecule has 0 bridgehead atoms. The summed E-state index contributed by atoms with van der Waals surface area (Å²) in [6.45, 7) is 4.97. The molecular formula is C34H35N9O2. The van der Waals surface area contributed by atoms with Crippen LogP contribution < -0.4 is 20.7 Å². The van der Waals surface area contributed by atoms with Crippen molar-refractivity contribution in [2.45, 2.75) is 19.3 Å². The molecule has 11 heteroatoms. The molecule has 7 rings (SSSR count). The van der Waals surface area contributed by atoms with Crippen molar-refractivity contribution in [1.82, 2.24) is 29.6 Å². The zero-order chi connectivity index (χ0) is 30.8. The molecule has 0 unspecified atom stereocenters. The van der Waals surface area contributed by atoms with E-state index in [1.165, 1.54) is 15.8 Å². The molecule has 3 N–H and O–H groups in total. The van der Waals surface area contributed by atoms with Crippen molar-refractivity contribution < 1.29 is 9.53 Å². The third kappa shape index (κ3) is 6.07. The largest absolute Gasteiger partial charge is 0.497 e. The Morgan fingerprint density at radius 1 is 0.978 bits per heavy atom. The molecule has 1 saturated heterocycles. The number of fused-ring (bicyclic) bond motifs is 3. The maximum absolute atomic E-state index is 13.2. The fraction of sp³-hybridized carbons (Fsp3) is 0.265. The van der Waals surface area contributed by atoms with E-state index in [0.29, 0.717) is 11.6 Å².